The SMILES string of the molecule is O=[N+]([O-])[O-].O=[N+]([O-])[O-].O=[N+]([O-])[O-].[Pd+3]. The summed E-state index contributed by atoms with van der Waals surface area (Å²) in [6, 6.07) is 0. The van der Waals surface area contributed by atoms with Crippen LogP contribution in [0.25, 0.3) is 0 Å². The molecule has 13 heavy (non-hydrogen) atoms. The van der Waals surface area contributed by atoms with Gasteiger partial charge in [0.2, 0.25) is 0 Å². The fourth-order valence-corrected chi connectivity index (χ4v) is 0. The van der Waals surface area contributed by atoms with E-state index >= 15 is 0 Å². The molecule has 1 radical (unpaired) electrons. The first-order valence-electron chi connectivity index (χ1n) is 1.64. The van der Waals surface area contributed by atoms with Crippen molar-refractivity contribution >= 4 is 0 Å². The Morgan fingerprint density at radius 1 is 0.538 bits per heavy atom. The molecule has 0 bridgehead atoms. The standard InChI is InChI=1S/3NO3.Pd/c3*2-1(3)4;/q3*-1;+3. The molecule has 0 aromatic carbocycles. The summed E-state index contributed by atoms with van der Waals surface area (Å²) in [5.41, 5.74) is 0. The van der Waals surface area contributed by atoms with Crippen LogP contribution in [0.5, 0.6) is 0 Å². The van der Waals surface area contributed by atoms with Gasteiger partial charge in [-0.1, -0.05) is 0 Å². The zero-order valence-corrected chi connectivity index (χ0v) is 6.89. The average molecular weight is 292 g/mol. The topological polar surface area (TPSA) is 199 Å². The minimum Gasteiger partial charge on any atom is -0.356 e. The quantitative estimate of drug-likeness (QED) is 0.313. The van der Waals surface area contributed by atoms with E-state index in [1.807, 2.05) is 0 Å². The van der Waals surface area contributed by atoms with E-state index < -0.39 is 15.3 Å². The van der Waals surface area contributed by atoms with Gasteiger partial charge in [0.05, 0.1) is 15.3 Å². The van der Waals surface area contributed by atoms with Crippen molar-refractivity contribution in [3.05, 3.63) is 46.0 Å². The minimum absolute atomic E-state index is 0. The molecule has 0 aliphatic rings. The van der Waals surface area contributed by atoms with Crippen molar-refractivity contribution in [1.29, 1.82) is 0 Å². The van der Waals surface area contributed by atoms with E-state index in [1.54, 1.807) is 0 Å². The summed E-state index contributed by atoms with van der Waals surface area (Å²) in [5, 5.41) is 44.2. The van der Waals surface area contributed by atoms with Crippen LogP contribution in [0.4, 0.5) is 0 Å². The molecule has 0 amide bonds. The van der Waals surface area contributed by atoms with Gasteiger partial charge in [-0.25, -0.2) is 0 Å². The Morgan fingerprint density at radius 3 is 0.538 bits per heavy atom. The van der Waals surface area contributed by atoms with Crippen molar-refractivity contribution in [2.75, 3.05) is 0 Å². The Bertz CT molecular complexity index is 112. The Hall–Kier alpha value is -1.74. The van der Waals surface area contributed by atoms with Gasteiger partial charge in [-0.2, -0.15) is 0 Å². The molecular weight excluding hydrogens is 292 g/mol. The molecule has 0 aliphatic heterocycles. The second-order valence-corrected chi connectivity index (χ2v) is 0.671. The number of hydrogen-bond acceptors (Lipinski definition) is 9. The Labute approximate surface area is 82.4 Å². The normalized spacial score (nSPS) is 5.54. The molecule has 0 aliphatic carbocycles. The third-order valence-corrected chi connectivity index (χ3v) is 0. The van der Waals surface area contributed by atoms with Crippen LogP contribution < -0.4 is 0 Å². The summed E-state index contributed by atoms with van der Waals surface area (Å²) in [5.74, 6) is 0. The van der Waals surface area contributed by atoms with E-state index in [0.29, 0.717) is 0 Å². The van der Waals surface area contributed by atoms with Crippen LogP contribution in [0.2, 0.25) is 0 Å². The summed E-state index contributed by atoms with van der Waals surface area (Å²) in [6.07, 6.45) is 0. The van der Waals surface area contributed by atoms with Gasteiger partial charge < -0.3 is 46.0 Å². The summed E-state index contributed by atoms with van der Waals surface area (Å²) in [4.78, 5) is 24.8. The van der Waals surface area contributed by atoms with Gasteiger partial charge in [0.15, 0.2) is 0 Å². The van der Waals surface area contributed by atoms with E-state index in [0.717, 1.165) is 0 Å². The maximum absolute atomic E-state index is 8.25. The average Bonchev–Trinajstić information content (AvgIpc) is 1.54. The second kappa shape index (κ2) is 16.7. The molecule has 0 rings (SSSR count). The predicted molar refractivity (Wildman–Crippen MR) is 31.1 cm³/mol. The van der Waals surface area contributed by atoms with Crippen molar-refractivity contribution in [2.24, 2.45) is 0 Å². The van der Waals surface area contributed by atoms with E-state index in [-0.39, 0.29) is 20.4 Å². The Balaban J connectivity index is -0.0000000450. The predicted octanol–water partition coefficient (Wildman–Crippen LogP) is -0.720. The molecule has 0 spiro atoms. The van der Waals surface area contributed by atoms with E-state index in [1.165, 1.54) is 0 Å². The van der Waals surface area contributed by atoms with Gasteiger partial charge in [-0.05, 0) is 0 Å². The first kappa shape index (κ1) is 22.5. The van der Waals surface area contributed by atoms with Crippen LogP contribution in [-0.4, -0.2) is 15.3 Å². The van der Waals surface area contributed by atoms with Gasteiger partial charge in [0.25, 0.3) is 0 Å². The van der Waals surface area contributed by atoms with Gasteiger partial charge >= 0.3 is 20.4 Å². The van der Waals surface area contributed by atoms with Gasteiger partial charge in [-0.3, -0.25) is 0 Å². The van der Waals surface area contributed by atoms with E-state index in [4.69, 9.17) is 46.0 Å². The molecule has 79 valence electrons. The fourth-order valence-electron chi connectivity index (χ4n) is 0. The maximum Gasteiger partial charge on any atom is 3.00 e. The first-order chi connectivity index (χ1) is 5.20. The van der Waals surface area contributed by atoms with Crippen LogP contribution in [0.1, 0.15) is 0 Å². The van der Waals surface area contributed by atoms with Crippen molar-refractivity contribution in [3.63, 3.8) is 0 Å². The van der Waals surface area contributed by atoms with Crippen LogP contribution >= 0.6 is 0 Å². The third kappa shape index (κ3) is 232. The largest absolute Gasteiger partial charge is 3.00 e. The van der Waals surface area contributed by atoms with E-state index in [9.17, 15) is 0 Å². The molecule has 13 heteroatoms. The molecular formula is N3O9Pd. The number of nitrogens with zero attached hydrogens (tertiary/aromatic N) is 3. The van der Waals surface area contributed by atoms with Crippen LogP contribution in [0.3, 0.4) is 0 Å². The van der Waals surface area contributed by atoms with Crippen molar-refractivity contribution in [1.82, 2.24) is 0 Å². The third-order valence-electron chi connectivity index (χ3n) is 0. The van der Waals surface area contributed by atoms with Crippen LogP contribution in [-0.2, 0) is 20.4 Å². The molecule has 0 N–H and O–H groups in total. The number of rotatable bonds is 0. The van der Waals surface area contributed by atoms with Crippen LogP contribution in [0.15, 0.2) is 0 Å². The van der Waals surface area contributed by atoms with Gasteiger partial charge in [0.1, 0.15) is 0 Å². The number of hydrogen-bond donors (Lipinski definition) is 0. The summed E-state index contributed by atoms with van der Waals surface area (Å²) >= 11 is 0. The maximum atomic E-state index is 8.25. The van der Waals surface area contributed by atoms with Crippen molar-refractivity contribution < 1.29 is 35.7 Å². The van der Waals surface area contributed by atoms with Crippen molar-refractivity contribution in [2.45, 2.75) is 0 Å². The molecule has 12 nitrogen and oxygen atoms in total. The Morgan fingerprint density at radius 2 is 0.538 bits per heavy atom. The van der Waals surface area contributed by atoms with E-state index in [2.05, 4.69) is 0 Å². The zero-order chi connectivity index (χ0) is 10.7. The molecule has 0 saturated heterocycles. The second-order valence-electron chi connectivity index (χ2n) is 0.671. The molecule has 0 heterocycles. The zero-order valence-electron chi connectivity index (χ0n) is 5.33. The summed E-state index contributed by atoms with van der Waals surface area (Å²) in [7, 11) is 0. The summed E-state index contributed by atoms with van der Waals surface area (Å²) in [6.45, 7) is 0. The molecule has 0 unspecified atom stereocenters. The molecule has 0 saturated carbocycles. The monoisotopic (exact) mass is 292 g/mol. The Kier molecular flexibility index (Phi) is 28.9. The smallest absolute Gasteiger partial charge is 0.356 e. The molecule has 0 atom stereocenters. The summed E-state index contributed by atoms with van der Waals surface area (Å²) < 4.78 is 0. The molecule has 0 aromatic rings. The van der Waals surface area contributed by atoms with Crippen molar-refractivity contribution in [3.8, 4) is 0 Å². The van der Waals surface area contributed by atoms with Gasteiger partial charge in [0, 0.05) is 0 Å². The van der Waals surface area contributed by atoms with Gasteiger partial charge in [-0.15, -0.1) is 0 Å². The minimum atomic E-state index is -1.75. The molecule has 0 aromatic heterocycles. The molecule has 0 fully saturated rings. The first-order valence-corrected chi connectivity index (χ1v) is 1.64. The fraction of sp³-hybridized carbons (Fsp3) is 0. The van der Waals surface area contributed by atoms with Crippen LogP contribution in [0, 0.1) is 46.0 Å².